The molecule has 0 amide bonds. The Bertz CT molecular complexity index is 497. The Morgan fingerprint density at radius 1 is 1.20 bits per heavy atom. The zero-order chi connectivity index (χ0) is 15.2. The third-order valence-electron chi connectivity index (χ3n) is 3.18. The van der Waals surface area contributed by atoms with Crippen LogP contribution in [0.4, 0.5) is 0 Å². The van der Waals surface area contributed by atoms with Crippen LogP contribution < -0.4 is 5.32 Å². The van der Waals surface area contributed by atoms with Crippen LogP contribution in [0, 0.1) is 0 Å². The molecule has 0 saturated heterocycles. The minimum Gasteiger partial charge on any atom is -0.314 e. The molecule has 0 aliphatic heterocycles. The molecule has 3 nitrogen and oxygen atoms in total. The molecular weight excluding hydrogens is 294 g/mol. The summed E-state index contributed by atoms with van der Waals surface area (Å²) < 4.78 is 22.5. The fourth-order valence-corrected chi connectivity index (χ4v) is 2.91. The molecule has 0 radical (unpaired) electrons. The maximum Gasteiger partial charge on any atom is 0.147 e. The molecule has 5 heteroatoms. The summed E-state index contributed by atoms with van der Waals surface area (Å²) in [7, 11) is -2.88. The van der Waals surface area contributed by atoms with Crippen LogP contribution in [-0.4, -0.2) is 33.0 Å². The standard InChI is InChI=1S/C15H24ClNO2S/c1-12(2)17-11-14(5-4-10-20(3,18)19)13-6-8-15(16)9-7-13/h6-9,12,14,17H,4-5,10-11H2,1-3H3. The molecule has 1 rings (SSSR count). The number of rotatable bonds is 8. The van der Waals surface area contributed by atoms with Crippen LogP contribution in [0.2, 0.25) is 5.02 Å². The Kier molecular flexibility index (Phi) is 7.00. The van der Waals surface area contributed by atoms with E-state index < -0.39 is 9.84 Å². The molecule has 0 aliphatic carbocycles. The maximum absolute atomic E-state index is 11.2. The van der Waals surface area contributed by atoms with Crippen LogP contribution >= 0.6 is 11.6 Å². The van der Waals surface area contributed by atoms with Crippen molar-refractivity contribution >= 4 is 21.4 Å². The molecule has 0 fully saturated rings. The van der Waals surface area contributed by atoms with Crippen molar-refractivity contribution in [2.45, 2.75) is 38.6 Å². The predicted molar refractivity (Wildman–Crippen MR) is 86.3 cm³/mol. The predicted octanol–water partition coefficient (Wildman–Crippen LogP) is 3.25. The van der Waals surface area contributed by atoms with Gasteiger partial charge in [0.25, 0.3) is 0 Å². The van der Waals surface area contributed by atoms with E-state index in [1.807, 2.05) is 24.3 Å². The molecule has 0 saturated carbocycles. The number of hydrogen-bond donors (Lipinski definition) is 1. The first-order chi connectivity index (χ1) is 9.28. The van der Waals surface area contributed by atoms with E-state index in [9.17, 15) is 8.42 Å². The fourth-order valence-electron chi connectivity index (χ4n) is 2.09. The van der Waals surface area contributed by atoms with Gasteiger partial charge in [-0.25, -0.2) is 8.42 Å². The van der Waals surface area contributed by atoms with Crippen molar-refractivity contribution in [1.82, 2.24) is 5.32 Å². The van der Waals surface area contributed by atoms with Crippen molar-refractivity contribution in [3.63, 3.8) is 0 Å². The van der Waals surface area contributed by atoms with Crippen molar-refractivity contribution < 1.29 is 8.42 Å². The van der Waals surface area contributed by atoms with Crippen LogP contribution in [0.25, 0.3) is 0 Å². The van der Waals surface area contributed by atoms with E-state index in [-0.39, 0.29) is 5.75 Å². The van der Waals surface area contributed by atoms with Crippen LogP contribution in [0.15, 0.2) is 24.3 Å². The first-order valence-corrected chi connectivity index (χ1v) is 9.38. The lowest BCUT2D eigenvalue weighted by Crippen LogP contribution is -2.28. The van der Waals surface area contributed by atoms with Gasteiger partial charge in [0.15, 0.2) is 0 Å². The Balaban J connectivity index is 2.66. The lowest BCUT2D eigenvalue weighted by atomic mass is 9.94. The lowest BCUT2D eigenvalue weighted by Gasteiger charge is -2.20. The summed E-state index contributed by atoms with van der Waals surface area (Å²) in [6.45, 7) is 5.06. The lowest BCUT2D eigenvalue weighted by molar-refractivity contribution is 0.503. The maximum atomic E-state index is 11.2. The fraction of sp³-hybridized carbons (Fsp3) is 0.600. The minimum atomic E-state index is -2.88. The number of halogens is 1. The Morgan fingerprint density at radius 2 is 1.80 bits per heavy atom. The van der Waals surface area contributed by atoms with Crippen LogP contribution in [0.1, 0.15) is 38.2 Å². The quantitative estimate of drug-likeness (QED) is 0.800. The second-order valence-electron chi connectivity index (χ2n) is 5.58. The molecule has 0 aromatic heterocycles. The molecule has 0 bridgehead atoms. The van der Waals surface area contributed by atoms with Crippen molar-refractivity contribution in [2.24, 2.45) is 0 Å². The molecule has 1 aromatic rings. The average molecular weight is 318 g/mol. The van der Waals surface area contributed by atoms with Gasteiger partial charge in [0, 0.05) is 29.6 Å². The smallest absolute Gasteiger partial charge is 0.147 e. The third kappa shape index (κ3) is 7.27. The highest BCUT2D eigenvalue weighted by atomic mass is 35.5. The molecule has 1 aromatic carbocycles. The Labute approximate surface area is 127 Å². The summed E-state index contributed by atoms with van der Waals surface area (Å²) in [6.07, 6.45) is 2.83. The van der Waals surface area contributed by atoms with Crippen LogP contribution in [-0.2, 0) is 9.84 Å². The first-order valence-electron chi connectivity index (χ1n) is 6.94. The molecule has 1 unspecified atom stereocenters. The van der Waals surface area contributed by atoms with Gasteiger partial charge in [-0.05, 0) is 36.5 Å². The minimum absolute atomic E-state index is 0.249. The molecule has 114 valence electrons. The normalized spacial score (nSPS) is 13.7. The van der Waals surface area contributed by atoms with Crippen molar-refractivity contribution in [2.75, 3.05) is 18.6 Å². The van der Waals surface area contributed by atoms with Gasteiger partial charge in [-0.2, -0.15) is 0 Å². The van der Waals surface area contributed by atoms with Crippen molar-refractivity contribution in [3.05, 3.63) is 34.9 Å². The zero-order valence-electron chi connectivity index (χ0n) is 12.4. The van der Waals surface area contributed by atoms with E-state index in [0.29, 0.717) is 18.4 Å². The second-order valence-corrected chi connectivity index (χ2v) is 8.28. The van der Waals surface area contributed by atoms with Gasteiger partial charge in [0.2, 0.25) is 0 Å². The van der Waals surface area contributed by atoms with Gasteiger partial charge in [-0.3, -0.25) is 0 Å². The molecule has 0 aliphatic rings. The number of benzene rings is 1. The monoisotopic (exact) mass is 317 g/mol. The molecule has 1 N–H and O–H groups in total. The van der Waals surface area contributed by atoms with Crippen LogP contribution in [0.5, 0.6) is 0 Å². The van der Waals surface area contributed by atoms with Crippen molar-refractivity contribution in [3.8, 4) is 0 Å². The van der Waals surface area contributed by atoms with Gasteiger partial charge in [0.05, 0.1) is 0 Å². The van der Waals surface area contributed by atoms with Gasteiger partial charge in [-0.15, -0.1) is 0 Å². The van der Waals surface area contributed by atoms with Gasteiger partial charge >= 0.3 is 0 Å². The third-order valence-corrected chi connectivity index (χ3v) is 4.46. The van der Waals surface area contributed by atoms with E-state index in [1.54, 1.807) is 0 Å². The number of sulfone groups is 1. The second kappa shape index (κ2) is 8.01. The highest BCUT2D eigenvalue weighted by Crippen LogP contribution is 2.23. The van der Waals surface area contributed by atoms with E-state index in [2.05, 4.69) is 19.2 Å². The largest absolute Gasteiger partial charge is 0.314 e. The zero-order valence-corrected chi connectivity index (χ0v) is 14.0. The van der Waals surface area contributed by atoms with Gasteiger partial charge in [0.1, 0.15) is 9.84 Å². The SMILES string of the molecule is CC(C)NCC(CCCS(C)(=O)=O)c1ccc(Cl)cc1. The number of nitrogens with one attached hydrogen (secondary N) is 1. The molecule has 0 spiro atoms. The molecular formula is C15H24ClNO2S. The van der Waals surface area contributed by atoms with Crippen LogP contribution in [0.3, 0.4) is 0 Å². The summed E-state index contributed by atoms with van der Waals surface area (Å²) in [5.74, 6) is 0.565. The Morgan fingerprint density at radius 3 is 2.30 bits per heavy atom. The average Bonchev–Trinajstić information content (AvgIpc) is 2.33. The molecule has 0 heterocycles. The molecule has 20 heavy (non-hydrogen) atoms. The van der Waals surface area contributed by atoms with Gasteiger partial charge in [-0.1, -0.05) is 37.6 Å². The first kappa shape index (κ1) is 17.5. The van der Waals surface area contributed by atoms with Crippen molar-refractivity contribution in [1.29, 1.82) is 0 Å². The van der Waals surface area contributed by atoms with E-state index in [0.717, 1.165) is 18.0 Å². The topological polar surface area (TPSA) is 46.2 Å². The summed E-state index contributed by atoms with van der Waals surface area (Å²) in [5.41, 5.74) is 1.20. The Hall–Kier alpha value is -0.580. The summed E-state index contributed by atoms with van der Waals surface area (Å²) in [4.78, 5) is 0. The number of hydrogen-bond acceptors (Lipinski definition) is 3. The molecule has 1 atom stereocenters. The van der Waals surface area contributed by atoms with E-state index in [4.69, 9.17) is 11.6 Å². The van der Waals surface area contributed by atoms with E-state index >= 15 is 0 Å². The van der Waals surface area contributed by atoms with Gasteiger partial charge < -0.3 is 5.32 Å². The summed E-state index contributed by atoms with van der Waals surface area (Å²) in [5, 5.41) is 4.15. The highest BCUT2D eigenvalue weighted by Gasteiger charge is 2.13. The van der Waals surface area contributed by atoms with E-state index in [1.165, 1.54) is 11.8 Å². The summed E-state index contributed by atoms with van der Waals surface area (Å²) >= 11 is 5.91. The summed E-state index contributed by atoms with van der Waals surface area (Å²) in [6, 6.07) is 8.23. The highest BCUT2D eigenvalue weighted by molar-refractivity contribution is 7.90.